The second kappa shape index (κ2) is 7.88. The van der Waals surface area contributed by atoms with E-state index in [1.54, 1.807) is 11.1 Å². The molecule has 0 N–H and O–H groups in total. The van der Waals surface area contributed by atoms with Gasteiger partial charge in [0.05, 0.1) is 17.5 Å². The molecule has 0 aliphatic heterocycles. The maximum atomic E-state index is 7.38. The number of nitrogens with zero attached hydrogens (tertiary/aromatic N) is 2. The minimum Gasteiger partial charge on any atom is -0.238 e. The van der Waals surface area contributed by atoms with Crippen LogP contribution in [-0.4, -0.2) is 0 Å². The van der Waals surface area contributed by atoms with E-state index in [4.69, 9.17) is 6.57 Å². The van der Waals surface area contributed by atoms with Gasteiger partial charge in [0.25, 0.3) is 0 Å². The SMILES string of the molecule is [C-]#[N+]c1ccc2c(-c3cc(C4CCCC4)cc(C4CCCC4)c3C)[n+](C)ccc2c1. The van der Waals surface area contributed by atoms with Crippen LogP contribution in [0.2, 0.25) is 0 Å². The average Bonchev–Trinajstić information content (AvgIpc) is 3.48. The summed E-state index contributed by atoms with van der Waals surface area (Å²) in [5.41, 5.74) is 8.02. The fourth-order valence-corrected chi connectivity index (χ4v) is 5.93. The third kappa shape index (κ3) is 3.31. The second-order valence-electron chi connectivity index (χ2n) is 9.40. The lowest BCUT2D eigenvalue weighted by Gasteiger charge is -2.21. The summed E-state index contributed by atoms with van der Waals surface area (Å²) in [4.78, 5) is 3.64. The van der Waals surface area contributed by atoms with Crippen LogP contribution in [0.3, 0.4) is 0 Å². The Hall–Kier alpha value is -2.66. The summed E-state index contributed by atoms with van der Waals surface area (Å²) in [7, 11) is 2.16. The van der Waals surface area contributed by atoms with Gasteiger partial charge in [-0.25, -0.2) is 9.41 Å². The molecule has 30 heavy (non-hydrogen) atoms. The molecular weight excluding hydrogens is 364 g/mol. The third-order valence-corrected chi connectivity index (χ3v) is 7.60. The van der Waals surface area contributed by atoms with Gasteiger partial charge in [-0.15, -0.1) is 0 Å². The molecule has 5 rings (SSSR count). The molecule has 1 aromatic heterocycles. The molecule has 1 heterocycles. The first kappa shape index (κ1) is 19.3. The molecule has 2 nitrogen and oxygen atoms in total. The molecule has 0 radical (unpaired) electrons. The zero-order valence-electron chi connectivity index (χ0n) is 18.2. The zero-order valence-corrected chi connectivity index (χ0v) is 18.2. The molecule has 0 saturated heterocycles. The van der Waals surface area contributed by atoms with Gasteiger partial charge < -0.3 is 0 Å². The molecule has 0 amide bonds. The zero-order chi connectivity index (χ0) is 20.7. The van der Waals surface area contributed by atoms with Crippen LogP contribution in [0.5, 0.6) is 0 Å². The molecule has 0 atom stereocenters. The number of fused-ring (bicyclic) bond motifs is 1. The van der Waals surface area contributed by atoms with Crippen molar-refractivity contribution in [2.45, 2.75) is 70.1 Å². The highest BCUT2D eigenvalue weighted by atomic mass is 14.9. The Labute approximate surface area is 180 Å². The fraction of sp³-hybridized carbons (Fsp3) is 0.429. The number of benzene rings is 2. The van der Waals surface area contributed by atoms with Gasteiger partial charge in [0.15, 0.2) is 11.9 Å². The molecule has 2 heteroatoms. The lowest BCUT2D eigenvalue weighted by molar-refractivity contribution is -0.659. The molecule has 3 aromatic rings. The van der Waals surface area contributed by atoms with Crippen molar-refractivity contribution in [1.29, 1.82) is 0 Å². The molecule has 0 unspecified atom stereocenters. The summed E-state index contributed by atoms with van der Waals surface area (Å²) >= 11 is 0. The fourth-order valence-electron chi connectivity index (χ4n) is 5.93. The average molecular weight is 396 g/mol. The standard InChI is InChI=1S/C28H31N2/c1-19-26(21-10-6-7-11-21)17-23(20-8-4-5-9-20)18-27(19)28-25-13-12-24(29-2)16-22(25)14-15-30(28)3/h12-18,20-21H,4-11H2,1,3H3/q+1. The molecule has 2 aromatic carbocycles. The van der Waals surface area contributed by atoms with Crippen molar-refractivity contribution in [2.75, 3.05) is 0 Å². The Balaban J connectivity index is 1.75. The quantitative estimate of drug-likeness (QED) is 0.320. The van der Waals surface area contributed by atoms with E-state index in [1.165, 1.54) is 73.6 Å². The van der Waals surface area contributed by atoms with Gasteiger partial charge in [-0.2, -0.15) is 0 Å². The monoisotopic (exact) mass is 395 g/mol. The van der Waals surface area contributed by atoms with Gasteiger partial charge in [0.2, 0.25) is 5.69 Å². The first-order chi connectivity index (χ1) is 14.7. The van der Waals surface area contributed by atoms with E-state index in [0.29, 0.717) is 5.69 Å². The van der Waals surface area contributed by atoms with Crippen molar-refractivity contribution in [3.8, 4) is 11.3 Å². The highest BCUT2D eigenvalue weighted by molar-refractivity contribution is 5.95. The van der Waals surface area contributed by atoms with E-state index < -0.39 is 0 Å². The third-order valence-electron chi connectivity index (χ3n) is 7.60. The van der Waals surface area contributed by atoms with Gasteiger partial charge >= 0.3 is 0 Å². The molecule has 2 aliphatic rings. The van der Waals surface area contributed by atoms with Crippen molar-refractivity contribution in [3.05, 3.63) is 70.7 Å². The van der Waals surface area contributed by atoms with E-state index in [9.17, 15) is 0 Å². The molecule has 0 spiro atoms. The summed E-state index contributed by atoms with van der Waals surface area (Å²) < 4.78 is 2.28. The number of aromatic nitrogens is 1. The van der Waals surface area contributed by atoms with Crippen LogP contribution in [0.1, 0.15) is 79.9 Å². The predicted molar refractivity (Wildman–Crippen MR) is 124 cm³/mol. The lowest BCUT2D eigenvalue weighted by atomic mass is 9.84. The summed E-state index contributed by atoms with van der Waals surface area (Å²) in [5.74, 6) is 1.44. The molecule has 2 fully saturated rings. The Morgan fingerprint density at radius 3 is 2.30 bits per heavy atom. The van der Waals surface area contributed by atoms with Crippen molar-refractivity contribution in [1.82, 2.24) is 0 Å². The minimum atomic E-state index is 0.713. The van der Waals surface area contributed by atoms with Crippen LogP contribution < -0.4 is 4.57 Å². The first-order valence-corrected chi connectivity index (χ1v) is 11.6. The molecule has 2 saturated carbocycles. The van der Waals surface area contributed by atoms with Gasteiger partial charge in [-0.1, -0.05) is 43.9 Å². The number of hydrogen-bond donors (Lipinski definition) is 0. The highest BCUT2D eigenvalue weighted by Gasteiger charge is 2.27. The molecular formula is C28H31N2+. The summed E-state index contributed by atoms with van der Waals surface area (Å²) in [6, 6.07) is 13.4. The van der Waals surface area contributed by atoms with Crippen molar-refractivity contribution in [2.24, 2.45) is 7.05 Å². The van der Waals surface area contributed by atoms with E-state index in [0.717, 1.165) is 17.2 Å². The number of hydrogen-bond acceptors (Lipinski definition) is 0. The summed E-state index contributed by atoms with van der Waals surface area (Å²) in [5, 5.41) is 2.40. The van der Waals surface area contributed by atoms with Crippen LogP contribution in [0, 0.1) is 13.5 Å². The number of aryl methyl sites for hydroxylation is 1. The smallest absolute Gasteiger partial charge is 0.220 e. The molecule has 152 valence electrons. The van der Waals surface area contributed by atoms with Gasteiger partial charge in [-0.3, -0.25) is 0 Å². The summed E-state index contributed by atoms with van der Waals surface area (Å²) in [6.07, 6.45) is 13.0. The first-order valence-electron chi connectivity index (χ1n) is 11.6. The molecule has 2 aliphatic carbocycles. The number of rotatable bonds is 3. The van der Waals surface area contributed by atoms with Crippen molar-refractivity contribution < 1.29 is 4.57 Å². The van der Waals surface area contributed by atoms with E-state index in [2.05, 4.69) is 53.8 Å². The lowest BCUT2D eigenvalue weighted by Crippen LogP contribution is -2.31. The van der Waals surface area contributed by atoms with E-state index in [1.807, 2.05) is 12.1 Å². The van der Waals surface area contributed by atoms with Gasteiger partial charge in [0, 0.05) is 6.07 Å². The van der Waals surface area contributed by atoms with Crippen molar-refractivity contribution >= 4 is 16.5 Å². The molecule has 0 bridgehead atoms. The second-order valence-corrected chi connectivity index (χ2v) is 9.40. The summed E-state index contributed by atoms with van der Waals surface area (Å²) in [6.45, 7) is 9.72. The topological polar surface area (TPSA) is 8.24 Å². The minimum absolute atomic E-state index is 0.713. The van der Waals surface area contributed by atoms with Crippen LogP contribution in [0.4, 0.5) is 5.69 Å². The van der Waals surface area contributed by atoms with Crippen LogP contribution >= 0.6 is 0 Å². The van der Waals surface area contributed by atoms with Crippen LogP contribution in [0.25, 0.3) is 26.9 Å². The van der Waals surface area contributed by atoms with E-state index >= 15 is 0 Å². The van der Waals surface area contributed by atoms with Gasteiger partial charge in [-0.05, 0) is 78.7 Å². The Kier molecular flexibility index (Phi) is 5.07. The largest absolute Gasteiger partial charge is 0.238 e. The Morgan fingerprint density at radius 1 is 0.900 bits per heavy atom. The maximum absolute atomic E-state index is 7.38. The highest BCUT2D eigenvalue weighted by Crippen LogP contribution is 2.43. The van der Waals surface area contributed by atoms with Crippen LogP contribution in [0.15, 0.2) is 42.6 Å². The number of pyridine rings is 1. The normalized spacial score (nSPS) is 17.6. The van der Waals surface area contributed by atoms with Gasteiger partial charge in [0.1, 0.15) is 7.05 Å². The predicted octanol–water partition coefficient (Wildman–Crippen LogP) is 7.51. The Morgan fingerprint density at radius 2 is 1.60 bits per heavy atom. The van der Waals surface area contributed by atoms with E-state index in [-0.39, 0.29) is 0 Å². The Bertz CT molecular complexity index is 1140. The van der Waals surface area contributed by atoms with Crippen molar-refractivity contribution in [3.63, 3.8) is 0 Å². The maximum Gasteiger partial charge on any atom is 0.220 e. The van der Waals surface area contributed by atoms with Crippen LogP contribution in [-0.2, 0) is 7.05 Å².